The van der Waals surface area contributed by atoms with Crippen LogP contribution in [0.3, 0.4) is 0 Å². The SMILES string of the molecule is O.O=C=O.[C-]#[O+].[HH].[O]=[Ca]. The number of carbonyl (C=O) groups excluding carboxylic acids is 2. The summed E-state index contributed by atoms with van der Waals surface area (Å²) in [7, 11) is 0. The van der Waals surface area contributed by atoms with Crippen molar-refractivity contribution in [3.63, 3.8) is 0 Å². The van der Waals surface area contributed by atoms with E-state index in [4.69, 9.17) is 15.7 Å². The molecule has 0 aliphatic heterocycles. The average Bonchev–Trinajstić information content (AvgIpc) is 1.78. The Bertz CT molecular complexity index is 66.6. The molecule has 0 saturated carbocycles. The molecule has 0 bridgehead atoms. The van der Waals surface area contributed by atoms with Crippen LogP contribution in [0.25, 0.3) is 0 Å². The van der Waals surface area contributed by atoms with Crippen molar-refractivity contribution in [2.24, 2.45) is 0 Å². The fourth-order valence-corrected chi connectivity index (χ4v) is 0. The molecule has 0 unspecified atom stereocenters. The van der Waals surface area contributed by atoms with Gasteiger partial charge in [-0.1, -0.05) is 0 Å². The molecule has 0 aromatic carbocycles. The second-order valence-corrected chi connectivity index (χ2v) is 0.0833. The van der Waals surface area contributed by atoms with Gasteiger partial charge < -0.3 is 5.48 Å². The Kier molecular flexibility index (Phi) is 627. The van der Waals surface area contributed by atoms with Crippen molar-refractivity contribution in [1.29, 1.82) is 0 Å². The summed E-state index contributed by atoms with van der Waals surface area (Å²) in [5, 5.41) is 0. The molecular formula is C2H4CaO5. The van der Waals surface area contributed by atoms with Crippen LogP contribution in [0.4, 0.5) is 0 Å². The van der Waals surface area contributed by atoms with Crippen molar-refractivity contribution in [2.45, 2.75) is 0 Å². The van der Waals surface area contributed by atoms with E-state index in [2.05, 4.69) is 6.65 Å². The quantitative estimate of drug-likeness (QED) is 0.232. The summed E-state index contributed by atoms with van der Waals surface area (Å²) in [6.07, 6.45) is 0.250. The molecule has 0 aromatic heterocycles. The minimum atomic E-state index is 0. The van der Waals surface area contributed by atoms with Gasteiger partial charge in [-0.15, -0.1) is 0 Å². The Morgan fingerprint density at radius 2 is 1.38 bits per heavy atom. The molecule has 0 aromatic rings. The van der Waals surface area contributed by atoms with Gasteiger partial charge in [0.2, 0.25) is 0 Å². The number of hydrogen-bond acceptors (Lipinski definition) is 3. The first-order chi connectivity index (χ1) is 3.41. The van der Waals surface area contributed by atoms with E-state index < -0.39 is 0 Å². The van der Waals surface area contributed by atoms with Crippen molar-refractivity contribution in [3.8, 4) is 0 Å². The summed E-state index contributed by atoms with van der Waals surface area (Å²) >= 11 is 0.125. The molecule has 0 aliphatic carbocycles. The maximum atomic E-state index is 8.38. The molecule has 0 fully saturated rings. The Morgan fingerprint density at radius 1 is 1.38 bits per heavy atom. The maximum absolute atomic E-state index is 8.38. The van der Waals surface area contributed by atoms with Crippen LogP contribution >= 0.6 is 0 Å². The van der Waals surface area contributed by atoms with Gasteiger partial charge in [0.25, 0.3) is 0 Å². The molecule has 6 heteroatoms. The molecule has 0 heterocycles. The van der Waals surface area contributed by atoms with E-state index in [1.807, 2.05) is 0 Å². The van der Waals surface area contributed by atoms with Crippen LogP contribution in [0.5, 0.6) is 0 Å². The first kappa shape index (κ1) is 24.2. The molecule has 0 saturated heterocycles. The van der Waals surface area contributed by atoms with E-state index in [0.717, 1.165) is 0 Å². The predicted octanol–water partition coefficient (Wildman–Crippen LogP) is -1.70. The normalized spacial score (nSPS) is 2.00. The molecule has 44 valence electrons. The summed E-state index contributed by atoms with van der Waals surface area (Å²) in [4.78, 5) is 16.2. The van der Waals surface area contributed by atoms with Gasteiger partial charge in [-0.3, -0.25) is 0 Å². The van der Waals surface area contributed by atoms with Crippen molar-refractivity contribution in [3.05, 3.63) is 6.65 Å². The van der Waals surface area contributed by atoms with Crippen LogP contribution in [0.15, 0.2) is 0 Å². The molecule has 0 radical (unpaired) electrons. The van der Waals surface area contributed by atoms with Gasteiger partial charge in [0.1, 0.15) is 0 Å². The van der Waals surface area contributed by atoms with Gasteiger partial charge in [-0.2, -0.15) is 9.59 Å². The molecule has 0 spiro atoms. The number of rotatable bonds is 0. The van der Waals surface area contributed by atoms with Crippen LogP contribution < -0.4 is 0 Å². The van der Waals surface area contributed by atoms with Crippen LogP contribution in [-0.2, 0) is 15.7 Å². The Hall–Kier alpha value is 0.140. The summed E-state index contributed by atoms with van der Waals surface area (Å²) in [6.45, 7) is 4.50. The van der Waals surface area contributed by atoms with Crippen LogP contribution in [0.1, 0.15) is 1.43 Å². The first-order valence-corrected chi connectivity index (χ1v) is 1.80. The zero-order chi connectivity index (χ0) is 6.71. The van der Waals surface area contributed by atoms with Gasteiger partial charge in [-0.05, 0) is 0 Å². The second kappa shape index (κ2) is 207. The van der Waals surface area contributed by atoms with Gasteiger partial charge in [-0.25, -0.2) is 0 Å². The standard InChI is InChI=1S/CO2.CO.Ca.H2O.O.H2/c2-1-3;1-2;;;;/h;;;1H2;;1H. The second-order valence-electron chi connectivity index (χ2n) is 0.0833. The summed E-state index contributed by atoms with van der Waals surface area (Å²) in [5.41, 5.74) is 0. The van der Waals surface area contributed by atoms with Crippen LogP contribution in [0, 0.1) is 6.65 Å². The predicted molar refractivity (Wildman–Crippen MR) is 21.1 cm³/mol. The van der Waals surface area contributed by atoms with Crippen molar-refractivity contribution in [1.82, 2.24) is 0 Å². The summed E-state index contributed by atoms with van der Waals surface area (Å²) < 4.78 is 15.9. The zero-order valence-electron chi connectivity index (χ0n) is 3.84. The fourth-order valence-electron chi connectivity index (χ4n) is 0. The van der Waals surface area contributed by atoms with E-state index in [-0.39, 0.29) is 48.9 Å². The van der Waals surface area contributed by atoms with Crippen LogP contribution in [0.2, 0.25) is 0 Å². The summed E-state index contributed by atoms with van der Waals surface area (Å²) in [5.74, 6) is 0. The molecule has 8 heavy (non-hydrogen) atoms. The van der Waals surface area contributed by atoms with E-state index in [1.54, 1.807) is 0 Å². The zero-order valence-corrected chi connectivity index (χ0v) is 6.05. The molecule has 0 amide bonds. The monoisotopic (exact) mass is 148 g/mol. The molecule has 0 rings (SSSR count). The van der Waals surface area contributed by atoms with Crippen molar-refractivity contribution >= 4 is 42.0 Å². The van der Waals surface area contributed by atoms with Gasteiger partial charge in [0, 0.05) is 1.43 Å². The molecule has 0 aliphatic rings. The minimum absolute atomic E-state index is 0. The summed E-state index contributed by atoms with van der Waals surface area (Å²) in [6, 6.07) is 0. The Morgan fingerprint density at radius 3 is 1.38 bits per heavy atom. The number of hydrogen-bond donors (Lipinski definition) is 0. The van der Waals surface area contributed by atoms with Crippen LogP contribution in [-0.4, -0.2) is 47.5 Å². The van der Waals surface area contributed by atoms with Gasteiger partial charge in [0.15, 0.2) is 0 Å². The molecular weight excluding hydrogens is 144 g/mol. The molecule has 5 nitrogen and oxygen atoms in total. The molecule has 0 atom stereocenters. The third-order valence-electron chi connectivity index (χ3n) is 0. The Labute approximate surface area is 71.0 Å². The van der Waals surface area contributed by atoms with Gasteiger partial charge in [0.05, 0.1) is 0 Å². The average molecular weight is 148 g/mol. The topological polar surface area (TPSA) is 103 Å². The van der Waals surface area contributed by atoms with Gasteiger partial charge >= 0.3 is 54.8 Å². The first-order valence-electron chi connectivity index (χ1n) is 0.901. The van der Waals surface area contributed by atoms with Crippen molar-refractivity contribution in [2.75, 3.05) is 0 Å². The third kappa shape index (κ3) is 8310. The van der Waals surface area contributed by atoms with E-state index in [9.17, 15) is 0 Å². The van der Waals surface area contributed by atoms with E-state index in [1.165, 1.54) is 0 Å². The van der Waals surface area contributed by atoms with E-state index in [0.29, 0.717) is 0 Å². The third-order valence-corrected chi connectivity index (χ3v) is 0. The van der Waals surface area contributed by atoms with Crippen molar-refractivity contribution < 1.29 is 22.6 Å². The fraction of sp³-hybridized carbons (Fsp3) is 0. The molecule has 2 N–H and O–H groups in total. The van der Waals surface area contributed by atoms with E-state index >= 15 is 0 Å². The Balaban J connectivity index is -0.00000000825.